The second-order valence-corrected chi connectivity index (χ2v) is 7.61. The fraction of sp³-hybridized carbons (Fsp3) is 0.417. The Morgan fingerprint density at radius 1 is 0.968 bits per heavy atom. The molecule has 1 saturated heterocycles. The third-order valence-electron chi connectivity index (χ3n) is 5.44. The Bertz CT molecular complexity index is 890. The van der Waals surface area contributed by atoms with Crippen LogP contribution in [0.25, 0.3) is 0 Å². The van der Waals surface area contributed by atoms with Gasteiger partial charge in [0.25, 0.3) is 0 Å². The number of esters is 1. The predicted molar refractivity (Wildman–Crippen MR) is 122 cm³/mol. The van der Waals surface area contributed by atoms with Crippen molar-refractivity contribution in [2.45, 2.75) is 32.5 Å². The molecule has 1 aliphatic heterocycles. The minimum Gasteiger partial charge on any atom is -0.496 e. The number of nitrogens with one attached hydrogen (secondary N) is 2. The number of aliphatic imine (C=N–C) groups is 1. The number of ether oxygens (including phenoxy) is 2. The van der Waals surface area contributed by atoms with E-state index in [1.54, 1.807) is 19.2 Å². The van der Waals surface area contributed by atoms with Gasteiger partial charge in [0.2, 0.25) is 0 Å². The van der Waals surface area contributed by atoms with Crippen LogP contribution in [0.5, 0.6) is 5.75 Å². The van der Waals surface area contributed by atoms with Gasteiger partial charge in [0, 0.05) is 26.7 Å². The summed E-state index contributed by atoms with van der Waals surface area (Å²) in [6.07, 6.45) is 2.63. The van der Waals surface area contributed by atoms with Gasteiger partial charge in [0.05, 0.1) is 14.2 Å². The summed E-state index contributed by atoms with van der Waals surface area (Å²) >= 11 is 0. The Labute approximate surface area is 184 Å². The van der Waals surface area contributed by atoms with Gasteiger partial charge < -0.3 is 20.1 Å². The van der Waals surface area contributed by atoms with Crippen molar-refractivity contribution in [3.8, 4) is 5.75 Å². The maximum absolute atomic E-state index is 12.0. The lowest BCUT2D eigenvalue weighted by Crippen LogP contribution is -2.36. The van der Waals surface area contributed by atoms with Crippen molar-refractivity contribution in [3.63, 3.8) is 0 Å². The Kier molecular flexibility index (Phi) is 8.29. The van der Waals surface area contributed by atoms with Crippen molar-refractivity contribution in [3.05, 3.63) is 64.7 Å². The monoisotopic (exact) mass is 424 g/mol. The number of hydrogen-bond acceptors (Lipinski definition) is 5. The largest absolute Gasteiger partial charge is 0.496 e. The number of guanidine groups is 1. The molecular formula is C24H32N4O3. The molecule has 166 valence electrons. The highest BCUT2D eigenvalue weighted by atomic mass is 16.5. The Morgan fingerprint density at radius 3 is 2.19 bits per heavy atom. The molecule has 0 aliphatic carbocycles. The van der Waals surface area contributed by atoms with Gasteiger partial charge in [-0.1, -0.05) is 30.3 Å². The lowest BCUT2D eigenvalue weighted by atomic mass is 10.1. The van der Waals surface area contributed by atoms with E-state index in [0.717, 1.165) is 12.1 Å². The number of methoxy groups -OCH3 is 2. The van der Waals surface area contributed by atoms with Crippen LogP contribution >= 0.6 is 0 Å². The van der Waals surface area contributed by atoms with E-state index >= 15 is 0 Å². The summed E-state index contributed by atoms with van der Waals surface area (Å²) in [5, 5.41) is 6.61. The van der Waals surface area contributed by atoms with Gasteiger partial charge in [0.15, 0.2) is 5.96 Å². The molecule has 0 unspecified atom stereocenters. The molecule has 0 radical (unpaired) electrons. The minimum atomic E-state index is -0.422. The number of nitrogens with zero attached hydrogens (tertiary/aromatic N) is 2. The summed E-state index contributed by atoms with van der Waals surface area (Å²) in [6, 6.07) is 14.2. The quantitative estimate of drug-likeness (QED) is 0.386. The highest BCUT2D eigenvalue weighted by molar-refractivity contribution is 5.92. The first-order valence-electron chi connectivity index (χ1n) is 10.6. The molecule has 7 heteroatoms. The van der Waals surface area contributed by atoms with E-state index in [0.29, 0.717) is 30.4 Å². The molecule has 0 spiro atoms. The SMILES string of the molecule is CN=C(NCc1ccc(CN2CCCC2)cc1)NCc1ccc(OC)c(C(=O)OC)c1. The zero-order chi connectivity index (χ0) is 22.1. The van der Waals surface area contributed by atoms with Crippen molar-refractivity contribution >= 4 is 11.9 Å². The van der Waals surface area contributed by atoms with Crippen molar-refractivity contribution in [2.24, 2.45) is 4.99 Å². The highest BCUT2D eigenvalue weighted by Gasteiger charge is 2.14. The molecular weight excluding hydrogens is 392 g/mol. The van der Waals surface area contributed by atoms with E-state index in [-0.39, 0.29) is 0 Å². The van der Waals surface area contributed by atoms with Gasteiger partial charge in [-0.05, 0) is 54.8 Å². The van der Waals surface area contributed by atoms with Crippen LogP contribution < -0.4 is 15.4 Å². The topological polar surface area (TPSA) is 75.2 Å². The van der Waals surface area contributed by atoms with E-state index in [2.05, 4.69) is 44.8 Å². The molecule has 0 saturated carbocycles. The molecule has 1 aliphatic rings. The Morgan fingerprint density at radius 2 is 1.58 bits per heavy atom. The fourth-order valence-electron chi connectivity index (χ4n) is 3.69. The number of benzene rings is 2. The van der Waals surface area contributed by atoms with Crippen LogP contribution in [0.1, 0.15) is 39.9 Å². The predicted octanol–water partition coefficient (Wildman–Crippen LogP) is 2.94. The summed E-state index contributed by atoms with van der Waals surface area (Å²) in [7, 11) is 4.63. The van der Waals surface area contributed by atoms with E-state index < -0.39 is 5.97 Å². The molecule has 2 aromatic rings. The number of rotatable bonds is 8. The molecule has 31 heavy (non-hydrogen) atoms. The van der Waals surface area contributed by atoms with Crippen LogP contribution in [-0.4, -0.2) is 51.2 Å². The van der Waals surface area contributed by atoms with Crippen LogP contribution in [0, 0.1) is 0 Å². The first-order chi connectivity index (χ1) is 15.1. The molecule has 0 atom stereocenters. The fourth-order valence-corrected chi connectivity index (χ4v) is 3.69. The van der Waals surface area contributed by atoms with Gasteiger partial charge >= 0.3 is 5.97 Å². The van der Waals surface area contributed by atoms with Crippen LogP contribution in [0.15, 0.2) is 47.5 Å². The Hall–Kier alpha value is -3.06. The smallest absolute Gasteiger partial charge is 0.341 e. The minimum absolute atomic E-state index is 0.404. The van der Waals surface area contributed by atoms with E-state index in [4.69, 9.17) is 9.47 Å². The summed E-state index contributed by atoms with van der Waals surface area (Å²) in [5.41, 5.74) is 3.89. The zero-order valence-electron chi connectivity index (χ0n) is 18.6. The molecule has 2 N–H and O–H groups in total. The molecule has 1 fully saturated rings. The maximum atomic E-state index is 12.0. The zero-order valence-corrected chi connectivity index (χ0v) is 18.6. The van der Waals surface area contributed by atoms with Gasteiger partial charge in [-0.25, -0.2) is 4.79 Å². The second kappa shape index (κ2) is 11.4. The van der Waals surface area contributed by atoms with E-state index in [9.17, 15) is 4.79 Å². The Balaban J connectivity index is 1.51. The molecule has 2 aromatic carbocycles. The van der Waals surface area contributed by atoms with Crippen molar-refractivity contribution in [2.75, 3.05) is 34.4 Å². The summed E-state index contributed by atoms with van der Waals surface area (Å²) in [6.45, 7) is 4.65. The maximum Gasteiger partial charge on any atom is 0.341 e. The highest BCUT2D eigenvalue weighted by Crippen LogP contribution is 2.20. The van der Waals surface area contributed by atoms with Crippen LogP contribution in [-0.2, 0) is 24.4 Å². The number of carbonyl (C=O) groups excluding carboxylic acids is 1. The molecule has 0 amide bonds. The summed E-state index contributed by atoms with van der Waals surface area (Å²) < 4.78 is 10.1. The molecule has 7 nitrogen and oxygen atoms in total. The summed E-state index contributed by atoms with van der Waals surface area (Å²) in [4.78, 5) is 18.7. The number of carbonyl (C=O) groups is 1. The summed E-state index contributed by atoms with van der Waals surface area (Å²) in [5.74, 6) is 0.761. The first-order valence-corrected chi connectivity index (χ1v) is 10.6. The third kappa shape index (κ3) is 6.46. The lowest BCUT2D eigenvalue weighted by Gasteiger charge is -2.15. The molecule has 1 heterocycles. The normalized spacial score (nSPS) is 14.4. The van der Waals surface area contributed by atoms with Gasteiger partial charge in [-0.2, -0.15) is 0 Å². The first kappa shape index (κ1) is 22.6. The number of hydrogen-bond donors (Lipinski definition) is 2. The van der Waals surface area contributed by atoms with E-state index in [1.807, 2.05) is 6.07 Å². The average molecular weight is 425 g/mol. The molecule has 0 bridgehead atoms. The average Bonchev–Trinajstić information content (AvgIpc) is 3.32. The third-order valence-corrected chi connectivity index (χ3v) is 5.44. The van der Waals surface area contributed by atoms with Crippen molar-refractivity contribution < 1.29 is 14.3 Å². The van der Waals surface area contributed by atoms with Crippen LogP contribution in [0.4, 0.5) is 0 Å². The molecule has 3 rings (SSSR count). The van der Waals surface area contributed by atoms with Gasteiger partial charge in [-0.15, -0.1) is 0 Å². The van der Waals surface area contributed by atoms with Crippen LogP contribution in [0.2, 0.25) is 0 Å². The van der Waals surface area contributed by atoms with Crippen molar-refractivity contribution in [1.82, 2.24) is 15.5 Å². The molecule has 0 aromatic heterocycles. The second-order valence-electron chi connectivity index (χ2n) is 7.61. The number of likely N-dealkylation sites (tertiary alicyclic amines) is 1. The van der Waals surface area contributed by atoms with Gasteiger partial charge in [0.1, 0.15) is 11.3 Å². The standard InChI is InChI=1S/C24H32N4O3/c1-25-24(27-16-20-10-11-22(30-2)21(14-20)23(29)31-3)26-15-18-6-8-19(9-7-18)17-28-12-4-5-13-28/h6-11,14H,4-5,12-13,15-17H2,1-3H3,(H2,25,26,27). The lowest BCUT2D eigenvalue weighted by molar-refractivity contribution is 0.0597. The van der Waals surface area contributed by atoms with Crippen molar-refractivity contribution in [1.29, 1.82) is 0 Å². The van der Waals surface area contributed by atoms with Gasteiger partial charge in [-0.3, -0.25) is 9.89 Å². The van der Waals surface area contributed by atoms with Crippen LogP contribution in [0.3, 0.4) is 0 Å². The van der Waals surface area contributed by atoms with E-state index in [1.165, 1.54) is 51.3 Å².